The maximum atomic E-state index is 12.6. The smallest absolute Gasteiger partial charge is 0.365 e. The van der Waals surface area contributed by atoms with Crippen molar-refractivity contribution >= 4 is 28.3 Å². The Bertz CT molecular complexity index is 1500. The number of para-hydroxylation sites is 1. The summed E-state index contributed by atoms with van der Waals surface area (Å²) in [5.41, 5.74) is 3.50. The Morgan fingerprint density at radius 3 is 2.13 bits per heavy atom. The van der Waals surface area contributed by atoms with Crippen molar-refractivity contribution in [2.24, 2.45) is 0 Å². The van der Waals surface area contributed by atoms with E-state index in [1.54, 1.807) is 31.4 Å². The fourth-order valence-corrected chi connectivity index (χ4v) is 4.87. The van der Waals surface area contributed by atoms with Crippen LogP contribution in [-0.4, -0.2) is 51.6 Å². The molecule has 5 aromatic rings. The van der Waals surface area contributed by atoms with Crippen molar-refractivity contribution in [3.8, 4) is 26.9 Å². The molecule has 0 aliphatic rings. The van der Waals surface area contributed by atoms with E-state index in [2.05, 4.69) is 20.5 Å². The predicted molar refractivity (Wildman–Crippen MR) is 150 cm³/mol. The van der Waals surface area contributed by atoms with Crippen molar-refractivity contribution in [1.82, 2.24) is 25.4 Å². The van der Waals surface area contributed by atoms with Gasteiger partial charge in [0.2, 0.25) is 0 Å². The third kappa shape index (κ3) is 6.84. The first-order valence-corrected chi connectivity index (χ1v) is 13.7. The molecule has 3 aromatic carbocycles. The second-order valence-corrected chi connectivity index (χ2v) is 9.93. The number of unbranched alkanes of at least 4 members (excludes halogenated alkanes) is 4. The Morgan fingerprint density at radius 2 is 1.41 bits per heavy atom. The van der Waals surface area contributed by atoms with Crippen LogP contribution < -0.4 is 9.57 Å². The average Bonchev–Trinajstić information content (AvgIpc) is 3.63. The maximum Gasteiger partial charge on any atom is 0.365 e. The van der Waals surface area contributed by atoms with Gasteiger partial charge in [-0.15, -0.1) is 15.3 Å². The molecule has 9 nitrogen and oxygen atoms in total. The molecule has 0 saturated carbocycles. The van der Waals surface area contributed by atoms with Gasteiger partial charge in [0, 0.05) is 24.8 Å². The minimum absolute atomic E-state index is 0.393. The molecule has 0 spiro atoms. The summed E-state index contributed by atoms with van der Waals surface area (Å²) < 4.78 is 11.0. The van der Waals surface area contributed by atoms with Crippen LogP contribution in [0.15, 0.2) is 72.8 Å². The number of methoxy groups -OCH3 is 1. The highest BCUT2D eigenvalue weighted by atomic mass is 32.1. The molecule has 5 rings (SSSR count). The van der Waals surface area contributed by atoms with Gasteiger partial charge in [-0.25, -0.2) is 4.79 Å². The highest BCUT2D eigenvalue weighted by molar-refractivity contribution is 7.17. The molecule has 0 amide bonds. The number of nitrogens with zero attached hydrogens (tertiary/aromatic N) is 5. The number of hydrogen-bond donors (Lipinski definition) is 0. The van der Waals surface area contributed by atoms with E-state index in [1.165, 1.54) is 24.2 Å². The lowest BCUT2D eigenvalue weighted by atomic mass is 10.1. The summed E-state index contributed by atoms with van der Waals surface area (Å²) in [6.45, 7) is 1.55. The highest BCUT2D eigenvalue weighted by Crippen LogP contribution is 2.31. The van der Waals surface area contributed by atoms with Crippen LogP contribution >= 0.6 is 11.3 Å². The zero-order valence-electron chi connectivity index (χ0n) is 21.7. The normalized spacial score (nSPS) is 11.1. The second kappa shape index (κ2) is 13.1. The molecule has 0 aliphatic heterocycles. The summed E-state index contributed by atoms with van der Waals surface area (Å²) in [4.78, 5) is 19.1. The number of benzene rings is 3. The summed E-state index contributed by atoms with van der Waals surface area (Å²) in [7, 11) is 1.74. The highest BCUT2D eigenvalue weighted by Gasteiger charge is 2.14. The lowest BCUT2D eigenvalue weighted by molar-refractivity contribution is 0.0409. The fourth-order valence-electron chi connectivity index (χ4n) is 4.01. The molecule has 0 radical (unpaired) electrons. The lowest BCUT2D eigenvalue weighted by Gasteiger charge is -2.06. The van der Waals surface area contributed by atoms with Crippen molar-refractivity contribution in [3.63, 3.8) is 0 Å². The SMILES string of the molecule is COCCCCCCCOc1ccc(-c2nnc(-c3ccc(C(=O)On4nnc5ccccc54)cc3)s2)cc1. The quantitative estimate of drug-likeness (QED) is 0.134. The number of ether oxygens (including phenoxy) is 2. The third-order valence-electron chi connectivity index (χ3n) is 6.15. The molecule has 10 heteroatoms. The maximum absolute atomic E-state index is 12.6. The molecule has 2 aromatic heterocycles. The minimum Gasteiger partial charge on any atom is -0.494 e. The Morgan fingerprint density at radius 1 is 0.769 bits per heavy atom. The van der Waals surface area contributed by atoms with E-state index in [9.17, 15) is 4.79 Å². The van der Waals surface area contributed by atoms with E-state index in [-0.39, 0.29) is 0 Å². The first kappa shape index (κ1) is 26.5. The Labute approximate surface area is 230 Å². The molecule has 0 saturated heterocycles. The van der Waals surface area contributed by atoms with Crippen LogP contribution in [0.25, 0.3) is 32.2 Å². The first-order valence-electron chi connectivity index (χ1n) is 12.9. The van der Waals surface area contributed by atoms with Gasteiger partial charge in [-0.1, -0.05) is 59.7 Å². The van der Waals surface area contributed by atoms with Crippen LogP contribution in [0.1, 0.15) is 42.5 Å². The van der Waals surface area contributed by atoms with E-state index in [4.69, 9.17) is 14.3 Å². The molecular weight excluding hydrogens is 514 g/mol. The van der Waals surface area contributed by atoms with Crippen molar-refractivity contribution in [1.29, 1.82) is 0 Å². The number of carbonyl (C=O) groups is 1. The van der Waals surface area contributed by atoms with Crippen LogP contribution in [0.2, 0.25) is 0 Å². The zero-order valence-corrected chi connectivity index (χ0v) is 22.5. The third-order valence-corrected chi connectivity index (χ3v) is 7.17. The van der Waals surface area contributed by atoms with Crippen molar-refractivity contribution in [2.45, 2.75) is 32.1 Å². The topological polar surface area (TPSA) is 101 Å². The molecule has 0 fully saturated rings. The summed E-state index contributed by atoms with van der Waals surface area (Å²) >= 11 is 1.49. The van der Waals surface area contributed by atoms with Crippen molar-refractivity contribution in [2.75, 3.05) is 20.3 Å². The fraction of sp³-hybridized carbons (Fsp3) is 0.276. The van der Waals surface area contributed by atoms with Gasteiger partial charge in [0.1, 0.15) is 26.8 Å². The molecule has 0 atom stereocenters. The van der Waals surface area contributed by atoms with Gasteiger partial charge in [0.05, 0.1) is 12.2 Å². The monoisotopic (exact) mass is 543 g/mol. The van der Waals surface area contributed by atoms with Gasteiger partial charge in [-0.2, -0.15) is 0 Å². The van der Waals surface area contributed by atoms with Crippen molar-refractivity contribution < 1.29 is 19.1 Å². The molecule has 0 aliphatic carbocycles. The molecule has 0 bridgehead atoms. The van der Waals surface area contributed by atoms with E-state index in [0.717, 1.165) is 57.6 Å². The number of fused-ring (bicyclic) bond motifs is 1. The first-order chi connectivity index (χ1) is 19.2. The largest absolute Gasteiger partial charge is 0.494 e. The van der Waals surface area contributed by atoms with Gasteiger partial charge in [0.25, 0.3) is 0 Å². The second-order valence-electron chi connectivity index (χ2n) is 8.95. The van der Waals surface area contributed by atoms with Crippen LogP contribution in [0.5, 0.6) is 5.75 Å². The minimum atomic E-state index is -0.528. The van der Waals surface area contributed by atoms with Crippen LogP contribution in [0, 0.1) is 0 Å². The van der Waals surface area contributed by atoms with Gasteiger partial charge >= 0.3 is 5.97 Å². The molecule has 2 heterocycles. The number of rotatable bonds is 13. The molecule has 39 heavy (non-hydrogen) atoms. The van der Waals surface area contributed by atoms with Crippen LogP contribution in [-0.2, 0) is 4.74 Å². The average molecular weight is 544 g/mol. The van der Waals surface area contributed by atoms with Gasteiger partial charge in [0.15, 0.2) is 0 Å². The summed E-state index contributed by atoms with van der Waals surface area (Å²) in [5, 5.41) is 18.2. The van der Waals surface area contributed by atoms with E-state index in [1.807, 2.05) is 48.5 Å². The van der Waals surface area contributed by atoms with Crippen LogP contribution in [0.3, 0.4) is 0 Å². The molecular formula is C29H29N5O4S. The standard InChI is InChI=1S/C29H29N5O4S/c1-36-19-7-3-2-4-8-20-37-24-17-15-22(16-18-24)28-32-31-27(39-28)21-11-13-23(14-12-21)29(35)38-34-26-10-6-5-9-25(26)30-33-34/h5-6,9-18H,2-4,7-8,19-20H2,1H3. The van der Waals surface area contributed by atoms with E-state index >= 15 is 0 Å². The van der Waals surface area contributed by atoms with Gasteiger partial charge in [-0.05, 0) is 66.6 Å². The summed E-state index contributed by atoms with van der Waals surface area (Å²) in [6.07, 6.45) is 5.73. The molecule has 200 valence electrons. The number of carbonyl (C=O) groups excluding carboxylic acids is 1. The summed E-state index contributed by atoms with van der Waals surface area (Å²) in [5.74, 6) is 0.323. The predicted octanol–water partition coefficient (Wildman–Crippen LogP) is 5.86. The Balaban J connectivity index is 1.13. The van der Waals surface area contributed by atoms with Crippen molar-refractivity contribution in [3.05, 3.63) is 78.4 Å². The number of hydrogen-bond acceptors (Lipinski definition) is 9. The van der Waals surface area contributed by atoms with Gasteiger partial charge in [-0.3, -0.25) is 0 Å². The van der Waals surface area contributed by atoms with Gasteiger partial charge < -0.3 is 14.3 Å². The Hall–Kier alpha value is -4.15. The Kier molecular flexibility index (Phi) is 8.87. The zero-order chi connectivity index (χ0) is 26.9. The molecule has 0 unspecified atom stereocenters. The lowest BCUT2D eigenvalue weighted by Crippen LogP contribution is -2.20. The number of aromatic nitrogens is 5. The van der Waals surface area contributed by atoms with E-state index in [0.29, 0.717) is 23.2 Å². The van der Waals surface area contributed by atoms with E-state index < -0.39 is 5.97 Å². The summed E-state index contributed by atoms with van der Waals surface area (Å²) in [6, 6.07) is 22.2. The van der Waals surface area contributed by atoms with Crippen LogP contribution in [0.4, 0.5) is 0 Å². The molecule has 0 N–H and O–H groups in total.